The van der Waals surface area contributed by atoms with Gasteiger partial charge in [0.05, 0.1) is 19.0 Å². The van der Waals surface area contributed by atoms with Crippen LogP contribution in [0.5, 0.6) is 6.01 Å². The van der Waals surface area contributed by atoms with Gasteiger partial charge < -0.3 is 10.1 Å². The normalized spacial score (nSPS) is 17.7. The summed E-state index contributed by atoms with van der Waals surface area (Å²) in [5, 5.41) is 7.70. The molecule has 2 aromatic rings. The number of ether oxygens (including phenoxy) is 1. The molecule has 0 aromatic carbocycles. The molecule has 3 rings (SSSR count). The van der Waals surface area contributed by atoms with Crippen LogP contribution in [0.3, 0.4) is 0 Å². The first-order valence-electron chi connectivity index (χ1n) is 7.14. The maximum atomic E-state index is 12.6. The van der Waals surface area contributed by atoms with Gasteiger partial charge in [0.25, 0.3) is 5.91 Å². The van der Waals surface area contributed by atoms with Crippen molar-refractivity contribution in [1.82, 2.24) is 19.7 Å². The predicted molar refractivity (Wildman–Crippen MR) is 85.9 cm³/mol. The molecule has 1 atom stereocenters. The maximum absolute atomic E-state index is 12.6. The van der Waals surface area contributed by atoms with E-state index in [1.54, 1.807) is 9.58 Å². The second-order valence-corrected chi connectivity index (χ2v) is 5.70. The predicted octanol–water partition coefficient (Wildman–Crippen LogP) is 1.40. The second kappa shape index (κ2) is 6.04. The molecule has 122 valence electrons. The summed E-state index contributed by atoms with van der Waals surface area (Å²) >= 11 is 6.08. The van der Waals surface area contributed by atoms with Crippen molar-refractivity contribution >= 4 is 29.1 Å². The van der Waals surface area contributed by atoms with Gasteiger partial charge in [-0.1, -0.05) is 11.6 Å². The number of rotatable bonds is 4. The molecule has 1 N–H and O–H groups in total. The molecular formula is C14H17ClN6O2. The van der Waals surface area contributed by atoms with Crippen molar-refractivity contribution in [2.45, 2.75) is 19.4 Å². The van der Waals surface area contributed by atoms with Gasteiger partial charge in [-0.25, -0.2) is 4.98 Å². The Bertz CT molecular complexity index is 747. The first-order chi connectivity index (χ1) is 11.0. The van der Waals surface area contributed by atoms with Crippen LogP contribution >= 0.6 is 11.6 Å². The van der Waals surface area contributed by atoms with Gasteiger partial charge in [-0.15, -0.1) is 0 Å². The molecule has 1 unspecified atom stereocenters. The lowest BCUT2D eigenvalue weighted by atomic mass is 10.2. The Balaban J connectivity index is 1.79. The molecule has 3 heterocycles. The van der Waals surface area contributed by atoms with E-state index in [1.807, 2.05) is 20.0 Å². The van der Waals surface area contributed by atoms with E-state index in [4.69, 9.17) is 16.3 Å². The van der Waals surface area contributed by atoms with Gasteiger partial charge in [0.2, 0.25) is 0 Å². The van der Waals surface area contributed by atoms with Gasteiger partial charge in [0, 0.05) is 19.7 Å². The smallest absolute Gasteiger partial charge is 0.318 e. The fraction of sp³-hybridized carbons (Fsp3) is 0.429. The topological polar surface area (TPSA) is 85.2 Å². The van der Waals surface area contributed by atoms with Crippen LogP contribution in [0.2, 0.25) is 5.02 Å². The minimum atomic E-state index is -0.401. The summed E-state index contributed by atoms with van der Waals surface area (Å²) < 4.78 is 6.69. The Morgan fingerprint density at radius 2 is 2.26 bits per heavy atom. The highest BCUT2D eigenvalue weighted by atomic mass is 35.5. The van der Waals surface area contributed by atoms with Crippen LogP contribution < -0.4 is 15.0 Å². The van der Waals surface area contributed by atoms with Crippen LogP contribution in [0.4, 0.5) is 11.6 Å². The van der Waals surface area contributed by atoms with Crippen molar-refractivity contribution in [3.05, 3.63) is 23.0 Å². The Hall–Kier alpha value is -2.35. The number of aromatic nitrogens is 4. The zero-order chi connectivity index (χ0) is 16.6. The molecule has 9 heteroatoms. The van der Waals surface area contributed by atoms with E-state index >= 15 is 0 Å². The Labute approximate surface area is 138 Å². The van der Waals surface area contributed by atoms with Crippen LogP contribution in [0, 0.1) is 6.92 Å². The summed E-state index contributed by atoms with van der Waals surface area (Å²) in [5.74, 6) is 1.13. The van der Waals surface area contributed by atoms with Crippen molar-refractivity contribution in [3.8, 4) is 6.01 Å². The highest BCUT2D eigenvalue weighted by Crippen LogP contribution is 2.26. The highest BCUT2D eigenvalue weighted by Gasteiger charge is 2.34. The zero-order valence-corrected chi connectivity index (χ0v) is 13.8. The molecule has 2 aromatic heterocycles. The minimum Gasteiger partial charge on any atom is -0.467 e. The lowest BCUT2D eigenvalue weighted by Crippen LogP contribution is -2.34. The van der Waals surface area contributed by atoms with Crippen molar-refractivity contribution in [2.24, 2.45) is 7.05 Å². The van der Waals surface area contributed by atoms with Crippen LogP contribution in [-0.2, 0) is 11.8 Å². The average Bonchev–Trinajstić information content (AvgIpc) is 3.04. The highest BCUT2D eigenvalue weighted by molar-refractivity contribution is 6.32. The van der Waals surface area contributed by atoms with E-state index in [9.17, 15) is 4.79 Å². The van der Waals surface area contributed by atoms with Crippen LogP contribution in [0.1, 0.15) is 12.1 Å². The average molecular weight is 337 g/mol. The monoisotopic (exact) mass is 336 g/mol. The van der Waals surface area contributed by atoms with Gasteiger partial charge in [-0.3, -0.25) is 14.4 Å². The Kier molecular flexibility index (Phi) is 4.08. The van der Waals surface area contributed by atoms with E-state index in [0.29, 0.717) is 23.8 Å². The molecule has 1 aliphatic rings. The Morgan fingerprint density at radius 3 is 2.91 bits per heavy atom. The maximum Gasteiger partial charge on any atom is 0.318 e. The zero-order valence-electron chi connectivity index (χ0n) is 13.1. The van der Waals surface area contributed by atoms with Gasteiger partial charge in [0.15, 0.2) is 5.82 Å². The number of hydrogen-bond acceptors (Lipinski definition) is 6. The molecule has 1 aliphatic heterocycles. The number of nitrogens with one attached hydrogen (secondary N) is 1. The number of anilines is 2. The van der Waals surface area contributed by atoms with E-state index in [2.05, 4.69) is 20.4 Å². The number of methoxy groups -OCH3 is 1. The van der Waals surface area contributed by atoms with Crippen molar-refractivity contribution in [2.75, 3.05) is 23.9 Å². The summed E-state index contributed by atoms with van der Waals surface area (Å²) in [7, 11) is 3.29. The summed E-state index contributed by atoms with van der Waals surface area (Å²) in [6.07, 6.45) is 2.09. The largest absolute Gasteiger partial charge is 0.467 e. The number of hydrogen-bond donors (Lipinski definition) is 1. The molecule has 0 saturated carbocycles. The van der Waals surface area contributed by atoms with Crippen LogP contribution in [-0.4, -0.2) is 45.4 Å². The number of amides is 1. The first kappa shape index (κ1) is 15.5. The summed E-state index contributed by atoms with van der Waals surface area (Å²) in [4.78, 5) is 22.4. The molecule has 0 spiro atoms. The number of aryl methyl sites for hydroxylation is 2. The third kappa shape index (κ3) is 2.94. The molecule has 23 heavy (non-hydrogen) atoms. The molecule has 1 amide bonds. The number of nitrogens with zero attached hydrogens (tertiary/aromatic N) is 5. The fourth-order valence-electron chi connectivity index (χ4n) is 2.61. The van der Waals surface area contributed by atoms with Crippen LogP contribution in [0.25, 0.3) is 0 Å². The summed E-state index contributed by atoms with van der Waals surface area (Å²) in [5.41, 5.74) is 0.871. The first-order valence-corrected chi connectivity index (χ1v) is 7.52. The third-order valence-corrected chi connectivity index (χ3v) is 3.95. The van der Waals surface area contributed by atoms with E-state index in [-0.39, 0.29) is 11.9 Å². The minimum absolute atomic E-state index is 0.0401. The standard InChI is InChI=1S/C14H17ClN6O2/c1-8-6-11(20(2)19-8)21-5-4-10(13(21)22)17-12-9(15)7-16-14(18-12)23-3/h6-7,10H,4-5H2,1-3H3,(H,16,17,18). The number of carbonyl (C=O) groups is 1. The van der Waals surface area contributed by atoms with Gasteiger partial charge in [-0.05, 0) is 13.3 Å². The van der Waals surface area contributed by atoms with E-state index < -0.39 is 6.04 Å². The van der Waals surface area contributed by atoms with Crippen LogP contribution in [0.15, 0.2) is 12.3 Å². The molecule has 0 bridgehead atoms. The summed E-state index contributed by atoms with van der Waals surface area (Å²) in [6.45, 7) is 2.50. The lowest BCUT2D eigenvalue weighted by Gasteiger charge is -2.17. The van der Waals surface area contributed by atoms with E-state index in [1.165, 1.54) is 13.3 Å². The third-order valence-electron chi connectivity index (χ3n) is 3.67. The van der Waals surface area contributed by atoms with Crippen molar-refractivity contribution < 1.29 is 9.53 Å². The SMILES string of the molecule is COc1ncc(Cl)c(NC2CCN(c3cc(C)nn3C)C2=O)n1. The molecular weight excluding hydrogens is 320 g/mol. The van der Waals surface area contributed by atoms with Gasteiger partial charge in [0.1, 0.15) is 16.9 Å². The molecule has 0 radical (unpaired) electrons. The van der Waals surface area contributed by atoms with Crippen molar-refractivity contribution in [1.29, 1.82) is 0 Å². The van der Waals surface area contributed by atoms with Gasteiger partial charge >= 0.3 is 6.01 Å². The Morgan fingerprint density at radius 1 is 1.48 bits per heavy atom. The number of carbonyl (C=O) groups excluding carboxylic acids is 1. The van der Waals surface area contributed by atoms with E-state index in [0.717, 1.165) is 11.5 Å². The fourth-order valence-corrected chi connectivity index (χ4v) is 2.75. The quantitative estimate of drug-likeness (QED) is 0.908. The molecule has 8 nitrogen and oxygen atoms in total. The van der Waals surface area contributed by atoms with Gasteiger partial charge in [-0.2, -0.15) is 10.1 Å². The summed E-state index contributed by atoms with van der Waals surface area (Å²) in [6, 6.07) is 1.69. The molecule has 1 fully saturated rings. The molecule has 0 aliphatic carbocycles. The lowest BCUT2D eigenvalue weighted by molar-refractivity contribution is -0.117. The second-order valence-electron chi connectivity index (χ2n) is 5.30. The van der Waals surface area contributed by atoms with Crippen molar-refractivity contribution in [3.63, 3.8) is 0 Å². The molecule has 1 saturated heterocycles. The number of halogens is 1.